The molecule has 1 heterocycles. The van der Waals surface area contributed by atoms with Crippen molar-refractivity contribution in [2.75, 3.05) is 17.3 Å². The van der Waals surface area contributed by atoms with E-state index in [1.165, 1.54) is 23.1 Å². The molecule has 1 aromatic heterocycles. The van der Waals surface area contributed by atoms with Crippen LogP contribution in [0.3, 0.4) is 0 Å². The van der Waals surface area contributed by atoms with Gasteiger partial charge in [0.2, 0.25) is 0 Å². The molecule has 0 radical (unpaired) electrons. The number of benzene rings is 1. The second kappa shape index (κ2) is 4.08. The lowest BCUT2D eigenvalue weighted by molar-refractivity contribution is 1.49. The number of thioether (sulfide) groups is 1. The van der Waals surface area contributed by atoms with Crippen molar-refractivity contribution in [3.8, 4) is 0 Å². The van der Waals surface area contributed by atoms with Gasteiger partial charge in [-0.2, -0.15) is 0 Å². The van der Waals surface area contributed by atoms with Gasteiger partial charge in [0.1, 0.15) is 0 Å². The third kappa shape index (κ3) is 2.21. The molecule has 0 bridgehead atoms. The first-order chi connectivity index (χ1) is 7.19. The summed E-state index contributed by atoms with van der Waals surface area (Å²) in [6.45, 7) is 0. The summed E-state index contributed by atoms with van der Waals surface area (Å²) in [6, 6.07) is 5.75. The SMILES string of the molecule is CSC(=N)Nc1ccc2nc(N)sc2c1. The Bertz CT molecular complexity index is 506. The summed E-state index contributed by atoms with van der Waals surface area (Å²) in [5.74, 6) is 0. The molecule has 0 saturated heterocycles. The summed E-state index contributed by atoms with van der Waals surface area (Å²) in [6.07, 6.45) is 1.86. The Morgan fingerprint density at radius 1 is 1.60 bits per heavy atom. The molecule has 2 aromatic rings. The number of anilines is 2. The zero-order valence-corrected chi connectivity index (χ0v) is 9.71. The molecule has 0 aliphatic rings. The minimum absolute atomic E-state index is 0.423. The van der Waals surface area contributed by atoms with Gasteiger partial charge >= 0.3 is 0 Å². The van der Waals surface area contributed by atoms with Crippen LogP contribution in [0.1, 0.15) is 0 Å². The summed E-state index contributed by atoms with van der Waals surface area (Å²) in [7, 11) is 0. The number of nitrogens with one attached hydrogen (secondary N) is 2. The van der Waals surface area contributed by atoms with Crippen LogP contribution in [0.2, 0.25) is 0 Å². The Balaban J connectivity index is 2.33. The fraction of sp³-hybridized carbons (Fsp3) is 0.111. The molecule has 78 valence electrons. The van der Waals surface area contributed by atoms with E-state index in [4.69, 9.17) is 11.1 Å². The van der Waals surface area contributed by atoms with E-state index in [9.17, 15) is 0 Å². The minimum Gasteiger partial charge on any atom is -0.375 e. The predicted octanol–water partition coefficient (Wildman–Crippen LogP) is 2.59. The Morgan fingerprint density at radius 2 is 2.40 bits per heavy atom. The van der Waals surface area contributed by atoms with Gasteiger partial charge in [0.25, 0.3) is 0 Å². The molecule has 0 aliphatic carbocycles. The Morgan fingerprint density at radius 3 is 3.13 bits per heavy atom. The van der Waals surface area contributed by atoms with Crippen LogP contribution in [0.25, 0.3) is 10.2 Å². The van der Waals surface area contributed by atoms with Gasteiger partial charge in [-0.25, -0.2) is 4.98 Å². The largest absolute Gasteiger partial charge is 0.375 e. The van der Waals surface area contributed by atoms with Gasteiger partial charge in [-0.3, -0.25) is 5.41 Å². The number of amidine groups is 1. The molecule has 15 heavy (non-hydrogen) atoms. The number of nitrogen functional groups attached to an aromatic ring is 1. The molecule has 0 saturated carbocycles. The zero-order chi connectivity index (χ0) is 10.8. The highest BCUT2D eigenvalue weighted by Crippen LogP contribution is 2.26. The highest BCUT2D eigenvalue weighted by Gasteiger charge is 2.02. The van der Waals surface area contributed by atoms with E-state index in [0.29, 0.717) is 10.3 Å². The maximum absolute atomic E-state index is 7.50. The van der Waals surface area contributed by atoms with Crippen LogP contribution in [-0.2, 0) is 0 Å². The molecule has 0 spiro atoms. The van der Waals surface area contributed by atoms with Crippen molar-refractivity contribution in [2.45, 2.75) is 0 Å². The average Bonchev–Trinajstić information content (AvgIpc) is 2.57. The van der Waals surface area contributed by atoms with E-state index < -0.39 is 0 Å². The van der Waals surface area contributed by atoms with E-state index >= 15 is 0 Å². The molecule has 2 rings (SSSR count). The summed E-state index contributed by atoms with van der Waals surface area (Å²) >= 11 is 2.82. The number of nitrogens with zero attached hydrogens (tertiary/aromatic N) is 1. The average molecular weight is 238 g/mol. The van der Waals surface area contributed by atoms with Crippen LogP contribution >= 0.6 is 23.1 Å². The predicted molar refractivity (Wildman–Crippen MR) is 68.9 cm³/mol. The van der Waals surface area contributed by atoms with Crippen LogP contribution in [0.4, 0.5) is 10.8 Å². The molecule has 4 N–H and O–H groups in total. The molecular weight excluding hydrogens is 228 g/mol. The highest BCUT2D eigenvalue weighted by atomic mass is 32.2. The summed E-state index contributed by atoms with van der Waals surface area (Å²) in [5, 5.41) is 11.5. The highest BCUT2D eigenvalue weighted by molar-refractivity contribution is 8.13. The monoisotopic (exact) mass is 238 g/mol. The van der Waals surface area contributed by atoms with Crippen molar-refractivity contribution in [3.63, 3.8) is 0 Å². The lowest BCUT2D eigenvalue weighted by Crippen LogP contribution is -2.04. The van der Waals surface area contributed by atoms with E-state index in [-0.39, 0.29) is 0 Å². The van der Waals surface area contributed by atoms with E-state index in [1.54, 1.807) is 0 Å². The van der Waals surface area contributed by atoms with Gasteiger partial charge in [-0.05, 0) is 24.5 Å². The maximum Gasteiger partial charge on any atom is 0.181 e. The fourth-order valence-electron chi connectivity index (χ4n) is 1.20. The van der Waals surface area contributed by atoms with Crippen LogP contribution in [-0.4, -0.2) is 16.4 Å². The summed E-state index contributed by atoms with van der Waals surface area (Å²) in [4.78, 5) is 4.16. The molecule has 0 amide bonds. The number of rotatable bonds is 1. The minimum atomic E-state index is 0.423. The third-order valence-corrected chi connectivity index (χ3v) is 3.22. The van der Waals surface area contributed by atoms with Gasteiger partial charge in [0.05, 0.1) is 10.2 Å². The molecule has 0 atom stereocenters. The number of hydrogen-bond donors (Lipinski definition) is 3. The van der Waals surface area contributed by atoms with Crippen LogP contribution in [0.5, 0.6) is 0 Å². The van der Waals surface area contributed by atoms with Crippen molar-refractivity contribution in [3.05, 3.63) is 18.2 Å². The van der Waals surface area contributed by atoms with Crippen molar-refractivity contribution >= 4 is 49.3 Å². The number of nitrogens with two attached hydrogens (primary N) is 1. The standard InChI is InChI=1S/C9H10N4S2/c1-14-8(10)12-5-2-3-6-7(4-5)15-9(11)13-6/h2-4H,1H3,(H2,10,12)(H2,11,13). The molecule has 6 heteroatoms. The zero-order valence-electron chi connectivity index (χ0n) is 8.07. The van der Waals surface area contributed by atoms with Crippen molar-refractivity contribution < 1.29 is 0 Å². The smallest absolute Gasteiger partial charge is 0.181 e. The molecule has 0 unspecified atom stereocenters. The Kier molecular flexibility index (Phi) is 2.79. The van der Waals surface area contributed by atoms with Gasteiger partial charge in [0.15, 0.2) is 10.3 Å². The Labute approximate surface area is 95.4 Å². The molecule has 0 aliphatic heterocycles. The van der Waals surface area contributed by atoms with E-state index in [0.717, 1.165) is 15.9 Å². The number of fused-ring (bicyclic) bond motifs is 1. The van der Waals surface area contributed by atoms with Crippen LogP contribution in [0, 0.1) is 5.41 Å². The van der Waals surface area contributed by atoms with Crippen LogP contribution < -0.4 is 11.1 Å². The number of aromatic nitrogens is 1. The van der Waals surface area contributed by atoms with Gasteiger partial charge in [0, 0.05) is 5.69 Å². The topological polar surface area (TPSA) is 74.8 Å². The molecule has 4 nitrogen and oxygen atoms in total. The van der Waals surface area contributed by atoms with E-state index in [2.05, 4.69) is 10.3 Å². The first-order valence-corrected chi connectivity index (χ1v) is 6.29. The second-order valence-electron chi connectivity index (χ2n) is 2.89. The number of thiazole rings is 1. The Hall–Kier alpha value is -1.27. The third-order valence-electron chi connectivity index (χ3n) is 1.87. The fourth-order valence-corrected chi connectivity index (χ4v) is 2.20. The van der Waals surface area contributed by atoms with Crippen LogP contribution in [0.15, 0.2) is 18.2 Å². The van der Waals surface area contributed by atoms with Gasteiger partial charge < -0.3 is 11.1 Å². The van der Waals surface area contributed by atoms with Gasteiger partial charge in [-0.15, -0.1) is 0 Å². The first-order valence-electron chi connectivity index (χ1n) is 4.24. The van der Waals surface area contributed by atoms with Gasteiger partial charge in [-0.1, -0.05) is 23.1 Å². The molecular formula is C9H10N4S2. The van der Waals surface area contributed by atoms with Crippen molar-refractivity contribution in [2.24, 2.45) is 0 Å². The second-order valence-corrected chi connectivity index (χ2v) is 4.77. The number of hydrogen-bond acceptors (Lipinski definition) is 5. The quantitative estimate of drug-likeness (QED) is 0.527. The molecule has 0 fully saturated rings. The van der Waals surface area contributed by atoms with Crippen molar-refractivity contribution in [1.29, 1.82) is 5.41 Å². The maximum atomic E-state index is 7.50. The normalized spacial score (nSPS) is 10.5. The van der Waals surface area contributed by atoms with Crippen molar-refractivity contribution in [1.82, 2.24) is 4.98 Å². The molecule has 1 aromatic carbocycles. The van der Waals surface area contributed by atoms with E-state index in [1.807, 2.05) is 24.5 Å². The first kappa shape index (κ1) is 10.3. The lowest BCUT2D eigenvalue weighted by Gasteiger charge is -2.04. The summed E-state index contributed by atoms with van der Waals surface area (Å²) in [5.41, 5.74) is 7.40. The summed E-state index contributed by atoms with van der Waals surface area (Å²) < 4.78 is 1.03. The lowest BCUT2D eigenvalue weighted by atomic mass is 10.3.